The highest BCUT2D eigenvalue weighted by Crippen LogP contribution is 2.51. The number of benzene rings is 1. The molecule has 1 rings (SSSR count). The third kappa shape index (κ3) is 5.39. The van der Waals surface area contributed by atoms with Crippen molar-refractivity contribution in [2.45, 2.75) is 30.8 Å². The number of halogens is 9. The Hall–Kier alpha value is 1.79. The summed E-state index contributed by atoms with van der Waals surface area (Å²) in [5.41, 5.74) is 0.488. The minimum absolute atomic E-state index is 0.0806. The van der Waals surface area contributed by atoms with Crippen molar-refractivity contribution in [2.24, 2.45) is 0 Å². The Morgan fingerprint density at radius 3 is 1.41 bits per heavy atom. The highest BCUT2D eigenvalue weighted by Gasteiger charge is 2.38. The van der Waals surface area contributed by atoms with Gasteiger partial charge in [0, 0.05) is 16.7 Å². The minimum Gasteiger partial charge on any atom is -0.388 e. The first-order valence-electron chi connectivity index (χ1n) is 5.77. The third-order valence-corrected chi connectivity index (χ3v) is 4.71. The van der Waals surface area contributed by atoms with Crippen LogP contribution in [0.15, 0.2) is 12.1 Å². The number of rotatable bonds is 2. The zero-order valence-electron chi connectivity index (χ0n) is 10.8. The monoisotopic (exact) mass is 484 g/mol. The Morgan fingerprint density at radius 1 is 0.818 bits per heavy atom. The largest absolute Gasteiger partial charge is 0.388 e. The number of alkyl halides is 9. The molecule has 0 spiro atoms. The van der Waals surface area contributed by atoms with E-state index in [1.54, 1.807) is 6.92 Å². The van der Waals surface area contributed by atoms with Gasteiger partial charge in [-0.2, -0.15) is 0 Å². The molecule has 0 fully saturated rings. The van der Waals surface area contributed by atoms with E-state index in [0.717, 1.165) is 0 Å². The summed E-state index contributed by atoms with van der Waals surface area (Å²) in [5.74, 6) is 0. The molecule has 0 saturated heterocycles. The van der Waals surface area contributed by atoms with Crippen LogP contribution in [0, 0.1) is 0 Å². The van der Waals surface area contributed by atoms with E-state index in [1.165, 1.54) is 12.1 Å². The van der Waals surface area contributed by atoms with E-state index >= 15 is 0 Å². The van der Waals surface area contributed by atoms with Crippen LogP contribution in [0.3, 0.4) is 0 Å². The van der Waals surface area contributed by atoms with Crippen molar-refractivity contribution in [3.05, 3.63) is 34.4 Å². The molecule has 22 heavy (non-hydrogen) atoms. The first-order valence-corrected chi connectivity index (χ1v) is 9.17. The maximum atomic E-state index is 10.3. The topological polar surface area (TPSA) is 20.2 Å². The molecule has 0 saturated carbocycles. The van der Waals surface area contributed by atoms with Gasteiger partial charge in [0.05, 0.1) is 6.10 Å². The number of hydrogen-bond donors (Lipinski definition) is 1. The van der Waals surface area contributed by atoms with Crippen LogP contribution < -0.4 is 0 Å². The fourth-order valence-corrected chi connectivity index (χ4v) is 3.11. The molecule has 1 aromatic carbocycles. The molecule has 0 heterocycles. The van der Waals surface area contributed by atoms with Crippen molar-refractivity contribution in [2.75, 3.05) is 0 Å². The van der Waals surface area contributed by atoms with Crippen molar-refractivity contribution in [3.8, 4) is 0 Å². The van der Waals surface area contributed by atoms with E-state index < -0.39 is 17.5 Å². The standard InChI is InChI=1S/C12H9Cl9O/c1-2-8(22)9-6(11(16,17)18)3-5(10(13,14)15)4-7(9)12(19,20)21/h3-4,8,22H,2H2,1H3. The molecule has 0 amide bonds. The molecule has 0 aromatic heterocycles. The van der Waals surface area contributed by atoms with E-state index in [4.69, 9.17) is 104 Å². The third-order valence-electron chi connectivity index (χ3n) is 2.84. The molecule has 1 N–H and O–H groups in total. The highest BCUT2D eigenvalue weighted by molar-refractivity contribution is 6.68. The maximum Gasteiger partial charge on any atom is 0.216 e. The van der Waals surface area contributed by atoms with Crippen LogP contribution in [0.5, 0.6) is 0 Å². The molecule has 10 heteroatoms. The average molecular weight is 488 g/mol. The second-order valence-electron chi connectivity index (χ2n) is 4.40. The SMILES string of the molecule is CCC(O)c1c(C(Cl)(Cl)Cl)cc(C(Cl)(Cl)Cl)cc1C(Cl)(Cl)Cl. The molecule has 0 radical (unpaired) electrons. The van der Waals surface area contributed by atoms with Gasteiger partial charge >= 0.3 is 0 Å². The van der Waals surface area contributed by atoms with Crippen LogP contribution in [-0.2, 0) is 11.4 Å². The van der Waals surface area contributed by atoms with Crippen LogP contribution in [0.25, 0.3) is 0 Å². The summed E-state index contributed by atoms with van der Waals surface area (Å²) in [6.45, 7) is 1.72. The lowest BCUT2D eigenvalue weighted by Gasteiger charge is -2.28. The van der Waals surface area contributed by atoms with Crippen molar-refractivity contribution in [1.82, 2.24) is 0 Å². The molecule has 1 unspecified atom stereocenters. The molecule has 1 atom stereocenters. The van der Waals surface area contributed by atoms with E-state index in [2.05, 4.69) is 0 Å². The Balaban J connectivity index is 3.86. The van der Waals surface area contributed by atoms with E-state index in [1.807, 2.05) is 0 Å². The molecule has 1 aromatic rings. The normalized spacial score (nSPS) is 15.0. The smallest absolute Gasteiger partial charge is 0.216 e. The van der Waals surface area contributed by atoms with E-state index in [0.29, 0.717) is 6.42 Å². The summed E-state index contributed by atoms with van der Waals surface area (Å²) in [7, 11) is 0. The fraction of sp³-hybridized carbons (Fsp3) is 0.500. The van der Waals surface area contributed by atoms with Gasteiger partial charge in [0.15, 0.2) is 0 Å². The quantitative estimate of drug-likeness (QED) is 0.425. The Kier molecular flexibility index (Phi) is 7.52. The summed E-state index contributed by atoms with van der Waals surface area (Å²) in [5, 5.41) is 10.3. The summed E-state index contributed by atoms with van der Waals surface area (Å²) < 4.78 is -5.66. The molecular weight excluding hydrogens is 479 g/mol. The van der Waals surface area contributed by atoms with Crippen molar-refractivity contribution >= 4 is 104 Å². The van der Waals surface area contributed by atoms with Gasteiger partial charge in [0.1, 0.15) is 0 Å². The van der Waals surface area contributed by atoms with Gasteiger partial charge in [0.2, 0.25) is 11.4 Å². The number of hydrogen-bond acceptors (Lipinski definition) is 1. The highest BCUT2D eigenvalue weighted by atomic mass is 35.6. The predicted molar refractivity (Wildman–Crippen MR) is 99.4 cm³/mol. The van der Waals surface area contributed by atoms with E-state index in [9.17, 15) is 5.11 Å². The molecule has 0 aliphatic carbocycles. The second kappa shape index (κ2) is 7.58. The van der Waals surface area contributed by atoms with E-state index in [-0.39, 0.29) is 22.3 Å². The van der Waals surface area contributed by atoms with Crippen molar-refractivity contribution < 1.29 is 5.11 Å². The predicted octanol–water partition coefficient (Wildman–Crippen LogP) is 7.61. The van der Waals surface area contributed by atoms with Crippen molar-refractivity contribution in [3.63, 3.8) is 0 Å². The maximum absolute atomic E-state index is 10.3. The summed E-state index contributed by atoms with van der Waals surface area (Å²) in [4.78, 5) is 0. The van der Waals surface area contributed by atoms with Crippen LogP contribution >= 0.6 is 104 Å². The Bertz CT molecular complexity index is 504. The zero-order valence-corrected chi connectivity index (χ0v) is 17.6. The molecular formula is C12H9Cl9O. The Morgan fingerprint density at radius 2 is 1.18 bits per heavy atom. The number of aliphatic hydroxyl groups excluding tert-OH is 1. The molecule has 1 nitrogen and oxygen atoms in total. The van der Waals surface area contributed by atoms with Gasteiger partial charge in [-0.1, -0.05) is 111 Å². The fourth-order valence-electron chi connectivity index (χ4n) is 1.85. The molecule has 126 valence electrons. The van der Waals surface area contributed by atoms with Crippen LogP contribution in [0.1, 0.15) is 41.7 Å². The van der Waals surface area contributed by atoms with Crippen LogP contribution in [0.2, 0.25) is 0 Å². The molecule has 0 aliphatic heterocycles. The van der Waals surface area contributed by atoms with Gasteiger partial charge in [0.25, 0.3) is 0 Å². The summed E-state index contributed by atoms with van der Waals surface area (Å²) in [6.07, 6.45) is -0.727. The molecule has 0 aliphatic rings. The van der Waals surface area contributed by atoms with Gasteiger partial charge in [-0.15, -0.1) is 0 Å². The van der Waals surface area contributed by atoms with Crippen molar-refractivity contribution in [1.29, 1.82) is 0 Å². The number of aliphatic hydroxyl groups is 1. The lowest BCUT2D eigenvalue weighted by Crippen LogP contribution is -2.18. The van der Waals surface area contributed by atoms with Gasteiger partial charge in [-0.3, -0.25) is 0 Å². The van der Waals surface area contributed by atoms with Crippen LogP contribution in [0.4, 0.5) is 0 Å². The van der Waals surface area contributed by atoms with Gasteiger partial charge in [-0.25, -0.2) is 0 Å². The lowest BCUT2D eigenvalue weighted by molar-refractivity contribution is 0.171. The Labute approximate surface area is 173 Å². The first kappa shape index (κ1) is 21.8. The average Bonchev–Trinajstić information content (AvgIpc) is 2.33. The van der Waals surface area contributed by atoms with Crippen LogP contribution in [-0.4, -0.2) is 5.11 Å². The summed E-state index contributed by atoms with van der Waals surface area (Å²) >= 11 is 53.5. The first-order chi connectivity index (χ1) is 9.69. The zero-order chi connectivity index (χ0) is 17.5. The second-order valence-corrected chi connectivity index (χ2v) is 11.2. The summed E-state index contributed by atoms with van der Waals surface area (Å²) in [6, 6.07) is 2.71. The van der Waals surface area contributed by atoms with Gasteiger partial charge in [-0.05, 0) is 24.1 Å². The molecule has 0 bridgehead atoms. The lowest BCUT2D eigenvalue weighted by atomic mass is 9.93. The van der Waals surface area contributed by atoms with Gasteiger partial charge < -0.3 is 5.11 Å². The minimum atomic E-state index is -1.91.